The van der Waals surface area contributed by atoms with Crippen LogP contribution in [0.15, 0.2) is 113 Å². The van der Waals surface area contributed by atoms with Crippen LogP contribution in [0.25, 0.3) is 6.08 Å². The van der Waals surface area contributed by atoms with Gasteiger partial charge in [0.1, 0.15) is 22.0 Å². The second kappa shape index (κ2) is 15.3. The van der Waals surface area contributed by atoms with E-state index >= 15 is 0 Å². The van der Waals surface area contributed by atoms with Gasteiger partial charge < -0.3 is 16.0 Å². The van der Waals surface area contributed by atoms with Crippen LogP contribution in [0.1, 0.15) is 55.4 Å². The highest BCUT2D eigenvalue weighted by Gasteiger charge is 2.28. The van der Waals surface area contributed by atoms with Crippen LogP contribution in [-0.4, -0.2) is 17.7 Å². The minimum Gasteiger partial charge on any atom is -0.321 e. The number of rotatable bonds is 10. The van der Waals surface area contributed by atoms with E-state index in [4.69, 9.17) is 0 Å². The van der Waals surface area contributed by atoms with Crippen LogP contribution < -0.4 is 16.0 Å². The fourth-order valence-electron chi connectivity index (χ4n) is 5.48. The van der Waals surface area contributed by atoms with Crippen molar-refractivity contribution in [2.75, 3.05) is 10.6 Å². The molecule has 1 aliphatic carbocycles. The lowest BCUT2D eigenvalue weighted by molar-refractivity contribution is -0.116. The Morgan fingerprint density at radius 2 is 1.73 bits per heavy atom. The number of thiophene rings is 2. The third kappa shape index (κ3) is 7.94. The smallest absolute Gasteiger partial charge is 0.272 e. The second-order valence-corrected chi connectivity index (χ2v) is 14.7. The number of thioether (sulfide) groups is 1. The minimum atomic E-state index is -0.624. The summed E-state index contributed by atoms with van der Waals surface area (Å²) in [6.07, 6.45) is 4.45. The molecule has 0 radical (unpaired) electrons. The maximum Gasteiger partial charge on any atom is 0.272 e. The first kappa shape index (κ1) is 33.0. The summed E-state index contributed by atoms with van der Waals surface area (Å²) < 4.78 is 0. The van der Waals surface area contributed by atoms with Crippen LogP contribution in [0, 0.1) is 17.2 Å². The summed E-state index contributed by atoms with van der Waals surface area (Å²) in [6.45, 7) is 2.22. The summed E-state index contributed by atoms with van der Waals surface area (Å²) in [6, 6.07) is 31.6. The number of carbonyl (C=O) groups excluding carboxylic acids is 3. The van der Waals surface area contributed by atoms with Crippen LogP contribution in [0.3, 0.4) is 0 Å². The van der Waals surface area contributed by atoms with Gasteiger partial charge in [0, 0.05) is 25.9 Å². The van der Waals surface area contributed by atoms with Crippen molar-refractivity contribution in [2.24, 2.45) is 5.92 Å². The van der Waals surface area contributed by atoms with Gasteiger partial charge in [0.05, 0.1) is 5.56 Å². The highest BCUT2D eigenvalue weighted by molar-refractivity contribution is 8.00. The molecule has 0 aliphatic heterocycles. The molecule has 48 heavy (non-hydrogen) atoms. The van der Waals surface area contributed by atoms with Crippen LogP contribution in [0.5, 0.6) is 0 Å². The van der Waals surface area contributed by atoms with E-state index in [1.165, 1.54) is 39.3 Å². The standard InChI is InChI=1S/C38H32N4O3S3/c1-24-17-18-30-31(23-39)38(48-33(30)20-24)42-37(45)34(25-10-4-2-5-11-25)47-29-15-8-14-27(21-29)40-36(44)32(22-28-16-9-19-46-28)41-35(43)26-12-6-3-7-13-26/h2-16,19,21-22,24,34H,17-18,20H2,1H3,(H,40,44)(H,41,43)(H,42,45)/b32-22-. The van der Waals surface area contributed by atoms with Crippen molar-refractivity contribution in [3.8, 4) is 6.07 Å². The Morgan fingerprint density at radius 1 is 0.958 bits per heavy atom. The molecule has 2 heterocycles. The zero-order chi connectivity index (χ0) is 33.5. The average Bonchev–Trinajstić information content (AvgIpc) is 3.74. The van der Waals surface area contributed by atoms with Gasteiger partial charge in [0.25, 0.3) is 11.8 Å². The van der Waals surface area contributed by atoms with Gasteiger partial charge in [-0.1, -0.05) is 67.6 Å². The molecule has 5 aromatic rings. The van der Waals surface area contributed by atoms with Crippen molar-refractivity contribution in [3.63, 3.8) is 0 Å². The van der Waals surface area contributed by atoms with Crippen LogP contribution in [0.4, 0.5) is 10.7 Å². The fraction of sp³-hybridized carbons (Fsp3) is 0.158. The molecule has 240 valence electrons. The predicted molar refractivity (Wildman–Crippen MR) is 195 cm³/mol. The van der Waals surface area contributed by atoms with Crippen molar-refractivity contribution in [1.82, 2.24) is 5.32 Å². The van der Waals surface area contributed by atoms with E-state index in [1.807, 2.05) is 66.0 Å². The molecule has 0 fully saturated rings. The highest BCUT2D eigenvalue weighted by atomic mass is 32.2. The first-order valence-corrected chi connectivity index (χ1v) is 18.1. The van der Waals surface area contributed by atoms with E-state index in [2.05, 4.69) is 28.9 Å². The van der Waals surface area contributed by atoms with E-state index in [1.54, 1.807) is 42.5 Å². The van der Waals surface area contributed by atoms with Gasteiger partial charge in [-0.3, -0.25) is 14.4 Å². The van der Waals surface area contributed by atoms with Gasteiger partial charge in [0.15, 0.2) is 0 Å². The van der Waals surface area contributed by atoms with Gasteiger partial charge in [-0.2, -0.15) is 5.26 Å². The molecule has 10 heteroatoms. The molecule has 0 bridgehead atoms. The SMILES string of the molecule is CC1CCc2c(sc(NC(=O)C(Sc3cccc(NC(=O)/C(=C/c4cccs4)NC(=O)c4ccccc4)c3)c3ccccc3)c2C#N)C1. The quantitative estimate of drug-likeness (QED) is 0.100. The first-order chi connectivity index (χ1) is 23.4. The maximum absolute atomic E-state index is 13.9. The lowest BCUT2D eigenvalue weighted by Crippen LogP contribution is -2.30. The normalized spacial score (nSPS) is 14.7. The summed E-state index contributed by atoms with van der Waals surface area (Å²) in [4.78, 5) is 43.2. The number of benzene rings is 3. The number of amides is 3. The Balaban J connectivity index is 1.22. The van der Waals surface area contributed by atoms with E-state index < -0.39 is 17.1 Å². The van der Waals surface area contributed by atoms with Gasteiger partial charge in [0.2, 0.25) is 5.91 Å². The Bertz CT molecular complexity index is 2000. The Labute approximate surface area is 291 Å². The number of carbonyl (C=O) groups is 3. The molecule has 3 N–H and O–H groups in total. The van der Waals surface area contributed by atoms with Crippen molar-refractivity contribution in [3.05, 3.63) is 140 Å². The average molecular weight is 689 g/mol. The number of hydrogen-bond acceptors (Lipinski definition) is 7. The second-order valence-electron chi connectivity index (χ2n) is 11.4. The lowest BCUT2D eigenvalue weighted by atomic mass is 9.88. The summed E-state index contributed by atoms with van der Waals surface area (Å²) in [5.41, 5.74) is 3.50. The molecule has 0 saturated carbocycles. The predicted octanol–water partition coefficient (Wildman–Crippen LogP) is 8.69. The van der Waals surface area contributed by atoms with Gasteiger partial charge in [-0.25, -0.2) is 0 Å². The summed E-state index contributed by atoms with van der Waals surface area (Å²) >= 11 is 4.31. The monoisotopic (exact) mass is 688 g/mol. The van der Waals surface area contributed by atoms with Crippen molar-refractivity contribution < 1.29 is 14.4 Å². The number of anilines is 2. The third-order valence-corrected chi connectivity index (χ3v) is 11.1. The summed E-state index contributed by atoms with van der Waals surface area (Å²) in [7, 11) is 0. The number of nitriles is 1. The van der Waals surface area contributed by atoms with Gasteiger partial charge in [-0.15, -0.1) is 34.4 Å². The molecule has 0 spiro atoms. The number of nitrogens with zero attached hydrogens (tertiary/aromatic N) is 1. The zero-order valence-corrected chi connectivity index (χ0v) is 28.5. The van der Waals surface area contributed by atoms with Crippen molar-refractivity contribution >= 4 is 68.9 Å². The van der Waals surface area contributed by atoms with Gasteiger partial charge >= 0.3 is 0 Å². The van der Waals surface area contributed by atoms with Crippen LogP contribution in [-0.2, 0) is 22.4 Å². The Hall–Kier alpha value is -4.95. The lowest BCUT2D eigenvalue weighted by Gasteiger charge is -2.18. The number of fused-ring (bicyclic) bond motifs is 1. The number of nitrogens with one attached hydrogen (secondary N) is 3. The minimum absolute atomic E-state index is 0.104. The van der Waals surface area contributed by atoms with Crippen molar-refractivity contribution in [1.29, 1.82) is 5.26 Å². The molecule has 3 amide bonds. The Kier molecular flexibility index (Phi) is 10.5. The van der Waals surface area contributed by atoms with Gasteiger partial charge in [-0.05, 0) is 84.2 Å². The number of hydrogen-bond donors (Lipinski definition) is 3. The van der Waals surface area contributed by atoms with E-state index in [-0.39, 0.29) is 11.6 Å². The molecule has 2 aromatic heterocycles. The Morgan fingerprint density at radius 3 is 2.46 bits per heavy atom. The zero-order valence-electron chi connectivity index (χ0n) is 26.1. The molecule has 6 rings (SSSR count). The molecule has 2 unspecified atom stereocenters. The summed E-state index contributed by atoms with van der Waals surface area (Å²) in [5, 5.41) is 20.6. The van der Waals surface area contributed by atoms with E-state index in [0.717, 1.165) is 40.2 Å². The van der Waals surface area contributed by atoms with Crippen LogP contribution in [0.2, 0.25) is 0 Å². The molecule has 2 atom stereocenters. The molecule has 7 nitrogen and oxygen atoms in total. The molecule has 1 aliphatic rings. The van der Waals surface area contributed by atoms with E-state index in [9.17, 15) is 19.6 Å². The van der Waals surface area contributed by atoms with Crippen LogP contribution >= 0.6 is 34.4 Å². The third-order valence-electron chi connectivity index (χ3n) is 7.91. The topological polar surface area (TPSA) is 111 Å². The maximum atomic E-state index is 13.9. The largest absolute Gasteiger partial charge is 0.321 e. The first-order valence-electron chi connectivity index (χ1n) is 15.5. The molecule has 0 saturated heterocycles. The van der Waals surface area contributed by atoms with Crippen molar-refractivity contribution in [2.45, 2.75) is 36.3 Å². The highest BCUT2D eigenvalue weighted by Crippen LogP contribution is 2.42. The molecular formula is C38H32N4O3S3. The van der Waals surface area contributed by atoms with E-state index in [0.29, 0.717) is 27.7 Å². The summed E-state index contributed by atoms with van der Waals surface area (Å²) in [5.74, 6) is -0.551. The molecule has 3 aromatic carbocycles. The fourth-order valence-corrected chi connectivity index (χ4v) is 8.58. The molecular weight excluding hydrogens is 657 g/mol.